The fourth-order valence-electron chi connectivity index (χ4n) is 1.90. The lowest BCUT2D eigenvalue weighted by molar-refractivity contribution is 1.35. The molecule has 0 bridgehead atoms. The van der Waals surface area contributed by atoms with Gasteiger partial charge in [0.2, 0.25) is 0 Å². The number of aromatic nitrogens is 1. The maximum absolute atomic E-state index is 4.16. The Hall–Kier alpha value is -2.15. The molecule has 0 fully saturated rings. The summed E-state index contributed by atoms with van der Waals surface area (Å²) in [5.74, 6) is 0. The molecule has 0 aliphatic heterocycles. The van der Waals surface area contributed by atoms with Gasteiger partial charge in [0, 0.05) is 17.1 Å². The highest BCUT2D eigenvalue weighted by Gasteiger charge is 2.02. The Morgan fingerprint density at radius 3 is 2.44 bits per heavy atom. The van der Waals surface area contributed by atoms with Gasteiger partial charge in [-0.2, -0.15) is 0 Å². The fourth-order valence-corrected chi connectivity index (χ4v) is 1.90. The van der Waals surface area contributed by atoms with Crippen molar-refractivity contribution in [2.24, 2.45) is 0 Å². The Bertz CT molecular complexity index is 609. The Kier molecular flexibility index (Phi) is 2.15. The normalized spacial score (nSPS) is 10.5. The van der Waals surface area contributed by atoms with E-state index in [2.05, 4.69) is 29.4 Å². The molecule has 1 aromatic heterocycles. The molecule has 1 heterocycles. The number of nitrogens with zero attached hydrogens (tertiary/aromatic N) is 1. The summed E-state index contributed by atoms with van der Waals surface area (Å²) in [6, 6.07) is 18.5. The summed E-state index contributed by atoms with van der Waals surface area (Å²) in [7, 11) is 0. The molecule has 0 aliphatic rings. The van der Waals surface area contributed by atoms with Crippen LogP contribution in [0, 0.1) is 6.20 Å². The average Bonchev–Trinajstić information content (AvgIpc) is 2.39. The fraction of sp³-hybridized carbons (Fsp3) is 0. The van der Waals surface area contributed by atoms with E-state index in [9.17, 15) is 0 Å². The number of rotatable bonds is 1. The monoisotopic (exact) mass is 204 g/mol. The Morgan fingerprint density at radius 2 is 1.56 bits per heavy atom. The van der Waals surface area contributed by atoms with Gasteiger partial charge in [0.05, 0.1) is 6.20 Å². The van der Waals surface area contributed by atoms with E-state index in [1.165, 1.54) is 10.9 Å². The summed E-state index contributed by atoms with van der Waals surface area (Å²) < 4.78 is 0. The zero-order valence-electron chi connectivity index (χ0n) is 8.72. The topological polar surface area (TPSA) is 12.9 Å². The summed E-state index contributed by atoms with van der Waals surface area (Å²) in [6.07, 6.45) is 4.88. The van der Waals surface area contributed by atoms with Gasteiger partial charge in [0.1, 0.15) is 0 Å². The van der Waals surface area contributed by atoms with Crippen LogP contribution in [0.5, 0.6) is 0 Å². The van der Waals surface area contributed by atoms with Gasteiger partial charge in [-0.3, -0.25) is 4.98 Å². The van der Waals surface area contributed by atoms with Crippen molar-refractivity contribution in [1.29, 1.82) is 0 Å². The highest BCUT2D eigenvalue weighted by atomic mass is 14.6. The first-order valence-corrected chi connectivity index (χ1v) is 5.26. The van der Waals surface area contributed by atoms with E-state index in [-0.39, 0.29) is 0 Å². The molecule has 0 atom stereocenters. The number of benzene rings is 2. The zero-order chi connectivity index (χ0) is 10.8. The van der Waals surface area contributed by atoms with Crippen molar-refractivity contribution in [1.82, 2.24) is 4.98 Å². The first kappa shape index (κ1) is 9.10. The van der Waals surface area contributed by atoms with Crippen molar-refractivity contribution < 1.29 is 0 Å². The van der Waals surface area contributed by atoms with Crippen molar-refractivity contribution in [3.63, 3.8) is 0 Å². The molecule has 0 spiro atoms. The summed E-state index contributed by atoms with van der Waals surface area (Å²) in [6.45, 7) is 0. The minimum absolute atomic E-state index is 1.06. The third kappa shape index (κ3) is 1.47. The Balaban J connectivity index is 2.32. The van der Waals surface area contributed by atoms with Crippen molar-refractivity contribution in [2.45, 2.75) is 0 Å². The molecular formula is C15H10N. The van der Waals surface area contributed by atoms with Gasteiger partial charge in [-0.25, -0.2) is 0 Å². The van der Waals surface area contributed by atoms with E-state index in [0.29, 0.717) is 0 Å². The summed E-state index contributed by atoms with van der Waals surface area (Å²) in [5, 5.41) is 2.26. The van der Waals surface area contributed by atoms with Gasteiger partial charge in [0.25, 0.3) is 0 Å². The van der Waals surface area contributed by atoms with Crippen LogP contribution in [0.1, 0.15) is 0 Å². The highest BCUT2D eigenvalue weighted by molar-refractivity contribution is 5.95. The van der Waals surface area contributed by atoms with Crippen molar-refractivity contribution in [2.75, 3.05) is 0 Å². The molecule has 1 nitrogen and oxygen atoms in total. The molecule has 75 valence electrons. The number of pyridine rings is 1. The largest absolute Gasteiger partial charge is 0.253 e. The first-order chi connectivity index (χ1) is 7.95. The van der Waals surface area contributed by atoms with Gasteiger partial charge in [-0.15, -0.1) is 0 Å². The molecule has 16 heavy (non-hydrogen) atoms. The van der Waals surface area contributed by atoms with E-state index in [1.54, 1.807) is 0 Å². The van der Waals surface area contributed by atoms with Crippen LogP contribution in [0.15, 0.2) is 60.8 Å². The summed E-state index contributed by atoms with van der Waals surface area (Å²) >= 11 is 0. The average molecular weight is 204 g/mol. The summed E-state index contributed by atoms with van der Waals surface area (Å²) in [4.78, 5) is 4.16. The molecule has 3 rings (SSSR count). The maximum atomic E-state index is 4.16. The lowest BCUT2D eigenvalue weighted by Crippen LogP contribution is -1.83. The Morgan fingerprint density at radius 1 is 0.812 bits per heavy atom. The lowest BCUT2D eigenvalue weighted by Gasteiger charge is -2.04. The molecule has 1 radical (unpaired) electrons. The van der Waals surface area contributed by atoms with Gasteiger partial charge < -0.3 is 0 Å². The Labute approximate surface area is 94.4 Å². The van der Waals surface area contributed by atoms with E-state index >= 15 is 0 Å². The van der Waals surface area contributed by atoms with Crippen molar-refractivity contribution >= 4 is 10.8 Å². The minimum atomic E-state index is 1.06. The molecule has 0 saturated heterocycles. The predicted octanol–water partition coefficient (Wildman–Crippen LogP) is 3.70. The lowest BCUT2D eigenvalue weighted by atomic mass is 10.0. The second-order valence-electron chi connectivity index (χ2n) is 3.70. The predicted molar refractivity (Wildman–Crippen MR) is 66.0 cm³/mol. The molecule has 0 unspecified atom stereocenters. The molecule has 0 aliphatic carbocycles. The van der Waals surface area contributed by atoms with Crippen LogP contribution in [0.3, 0.4) is 0 Å². The van der Waals surface area contributed by atoms with Gasteiger partial charge in [-0.05, 0) is 10.9 Å². The third-order valence-electron chi connectivity index (χ3n) is 2.68. The van der Waals surface area contributed by atoms with E-state index in [1.807, 2.05) is 42.6 Å². The number of fused-ring (bicyclic) bond motifs is 1. The van der Waals surface area contributed by atoms with E-state index < -0.39 is 0 Å². The van der Waals surface area contributed by atoms with Gasteiger partial charge >= 0.3 is 0 Å². The standard InChI is InChI=1S/C15H10N/c1-2-6-12(7-3-1)15-11-16-10-13-8-4-5-9-14(13)15/h1-9,11H. The van der Waals surface area contributed by atoms with Crippen molar-refractivity contribution in [3.05, 3.63) is 67.0 Å². The van der Waals surface area contributed by atoms with Crippen molar-refractivity contribution in [3.8, 4) is 11.1 Å². The zero-order valence-corrected chi connectivity index (χ0v) is 8.72. The second kappa shape index (κ2) is 3.78. The molecule has 1 heteroatoms. The molecule has 0 amide bonds. The highest BCUT2D eigenvalue weighted by Crippen LogP contribution is 2.26. The van der Waals surface area contributed by atoms with Crippen LogP contribution >= 0.6 is 0 Å². The first-order valence-electron chi connectivity index (χ1n) is 5.26. The van der Waals surface area contributed by atoms with Crippen LogP contribution < -0.4 is 0 Å². The van der Waals surface area contributed by atoms with E-state index in [0.717, 1.165) is 10.9 Å². The summed E-state index contributed by atoms with van der Waals surface area (Å²) in [5.41, 5.74) is 2.36. The van der Waals surface area contributed by atoms with Crippen LogP contribution in [0.4, 0.5) is 0 Å². The second-order valence-corrected chi connectivity index (χ2v) is 3.70. The molecule has 0 saturated carbocycles. The molecule has 0 N–H and O–H groups in total. The maximum Gasteiger partial charge on any atom is 0.0971 e. The minimum Gasteiger partial charge on any atom is -0.253 e. The number of hydrogen-bond donors (Lipinski definition) is 0. The smallest absolute Gasteiger partial charge is 0.0971 e. The quantitative estimate of drug-likeness (QED) is 0.589. The molecule has 3 aromatic rings. The third-order valence-corrected chi connectivity index (χ3v) is 2.68. The molecule has 2 aromatic carbocycles. The van der Waals surface area contributed by atoms with Crippen LogP contribution in [0.25, 0.3) is 21.9 Å². The van der Waals surface area contributed by atoms with Crippen LogP contribution in [0.2, 0.25) is 0 Å². The molecular weight excluding hydrogens is 194 g/mol. The number of hydrogen-bond acceptors (Lipinski definition) is 1. The van der Waals surface area contributed by atoms with Gasteiger partial charge in [0.15, 0.2) is 0 Å². The van der Waals surface area contributed by atoms with Gasteiger partial charge in [-0.1, -0.05) is 54.6 Å². The SMILES string of the molecule is [c]1ncc(-c2ccccc2)c2ccccc12. The van der Waals surface area contributed by atoms with Crippen LogP contribution in [-0.2, 0) is 0 Å². The van der Waals surface area contributed by atoms with E-state index in [4.69, 9.17) is 0 Å². The van der Waals surface area contributed by atoms with Crippen LogP contribution in [-0.4, -0.2) is 4.98 Å².